The average Bonchev–Trinajstić information content (AvgIpc) is 3.48. The number of hydrogen-bond acceptors (Lipinski definition) is 4. The van der Waals surface area contributed by atoms with Gasteiger partial charge in [-0.25, -0.2) is 0 Å². The first-order chi connectivity index (χ1) is 15.0. The minimum absolute atomic E-state index is 0.0135. The van der Waals surface area contributed by atoms with Gasteiger partial charge in [-0.2, -0.15) is 0 Å². The van der Waals surface area contributed by atoms with Gasteiger partial charge in [0.25, 0.3) is 0 Å². The van der Waals surface area contributed by atoms with Gasteiger partial charge in [-0.1, -0.05) is 35.4 Å². The van der Waals surface area contributed by atoms with E-state index in [1.165, 1.54) is 11.1 Å². The van der Waals surface area contributed by atoms with Crippen LogP contribution < -0.4 is 10.6 Å². The molecule has 6 heteroatoms. The minimum atomic E-state index is 0.0135. The highest BCUT2D eigenvalue weighted by atomic mass is 16.2. The number of amides is 2. The average molecular weight is 421 g/mol. The summed E-state index contributed by atoms with van der Waals surface area (Å²) in [6.45, 7) is 6.57. The molecule has 2 fully saturated rings. The van der Waals surface area contributed by atoms with Crippen LogP contribution in [0.1, 0.15) is 30.4 Å². The number of anilines is 2. The topological polar surface area (TPSA) is 64.7 Å². The molecule has 0 unspecified atom stereocenters. The number of carbonyl (C=O) groups is 2. The zero-order valence-corrected chi connectivity index (χ0v) is 18.4. The first-order valence-corrected chi connectivity index (χ1v) is 11.2. The van der Waals surface area contributed by atoms with E-state index in [0.29, 0.717) is 25.2 Å². The van der Waals surface area contributed by atoms with Gasteiger partial charge in [-0.15, -0.1) is 0 Å². The van der Waals surface area contributed by atoms with E-state index in [1.807, 2.05) is 62.4 Å². The maximum absolute atomic E-state index is 12.7. The third-order valence-corrected chi connectivity index (χ3v) is 6.10. The first kappa shape index (κ1) is 21.5. The highest BCUT2D eigenvalue weighted by molar-refractivity contribution is 5.93. The van der Waals surface area contributed by atoms with Gasteiger partial charge in [-0.05, 0) is 57.4 Å². The number of likely N-dealkylation sites (tertiary alicyclic amines) is 1. The number of benzene rings is 2. The van der Waals surface area contributed by atoms with E-state index in [2.05, 4.69) is 20.4 Å². The lowest BCUT2D eigenvalue weighted by molar-refractivity contribution is -0.119. The number of aryl methyl sites for hydroxylation is 2. The van der Waals surface area contributed by atoms with E-state index < -0.39 is 0 Å². The largest absolute Gasteiger partial charge is 0.325 e. The summed E-state index contributed by atoms with van der Waals surface area (Å²) < 4.78 is 0. The predicted octanol–water partition coefficient (Wildman–Crippen LogP) is 3.42. The second-order valence-corrected chi connectivity index (χ2v) is 8.91. The van der Waals surface area contributed by atoms with Crippen LogP contribution in [0.2, 0.25) is 0 Å². The summed E-state index contributed by atoms with van der Waals surface area (Å²) in [5, 5.41) is 6.00. The zero-order valence-electron chi connectivity index (χ0n) is 18.4. The molecule has 6 nitrogen and oxygen atoms in total. The van der Waals surface area contributed by atoms with Crippen molar-refractivity contribution in [2.75, 3.05) is 36.8 Å². The van der Waals surface area contributed by atoms with Crippen LogP contribution >= 0.6 is 0 Å². The van der Waals surface area contributed by atoms with E-state index in [-0.39, 0.29) is 11.8 Å². The quantitative estimate of drug-likeness (QED) is 0.687. The molecule has 1 aliphatic carbocycles. The van der Waals surface area contributed by atoms with Crippen molar-refractivity contribution in [3.63, 3.8) is 0 Å². The van der Waals surface area contributed by atoms with Crippen LogP contribution in [0, 0.1) is 13.8 Å². The van der Waals surface area contributed by atoms with Gasteiger partial charge in [0.05, 0.1) is 13.1 Å². The third-order valence-electron chi connectivity index (χ3n) is 6.10. The van der Waals surface area contributed by atoms with E-state index in [4.69, 9.17) is 0 Å². The fourth-order valence-corrected chi connectivity index (χ4v) is 4.23. The molecular weight excluding hydrogens is 388 g/mol. The molecule has 1 atom stereocenters. The van der Waals surface area contributed by atoms with Crippen LogP contribution in [-0.2, 0) is 9.59 Å². The molecule has 2 amide bonds. The van der Waals surface area contributed by atoms with Gasteiger partial charge in [-0.3, -0.25) is 19.4 Å². The van der Waals surface area contributed by atoms with E-state index >= 15 is 0 Å². The van der Waals surface area contributed by atoms with Gasteiger partial charge < -0.3 is 10.6 Å². The summed E-state index contributed by atoms with van der Waals surface area (Å²) in [6.07, 6.45) is 3.30. The summed E-state index contributed by atoms with van der Waals surface area (Å²) in [4.78, 5) is 29.6. The van der Waals surface area contributed by atoms with Gasteiger partial charge in [0.1, 0.15) is 0 Å². The van der Waals surface area contributed by atoms with Crippen molar-refractivity contribution in [1.82, 2.24) is 9.80 Å². The van der Waals surface area contributed by atoms with Crippen molar-refractivity contribution in [3.05, 3.63) is 59.7 Å². The third kappa shape index (κ3) is 6.15. The van der Waals surface area contributed by atoms with Crippen LogP contribution in [0.25, 0.3) is 0 Å². The second-order valence-electron chi connectivity index (χ2n) is 8.91. The molecule has 2 aliphatic rings. The minimum Gasteiger partial charge on any atom is -0.325 e. The molecule has 1 saturated carbocycles. The molecule has 2 aromatic carbocycles. The highest BCUT2D eigenvalue weighted by Crippen LogP contribution is 2.31. The summed E-state index contributed by atoms with van der Waals surface area (Å²) in [6, 6.07) is 16.6. The SMILES string of the molecule is Cc1ccc(NC(=O)CN2CC[C@@H](N(CC(=O)Nc3ccc(C)cc3)C3CC3)C2)cc1. The number of nitrogens with zero attached hydrogens (tertiary/aromatic N) is 2. The van der Waals surface area contributed by atoms with E-state index in [9.17, 15) is 9.59 Å². The second kappa shape index (κ2) is 9.62. The molecule has 1 heterocycles. The zero-order chi connectivity index (χ0) is 21.8. The Labute approximate surface area is 184 Å². The monoisotopic (exact) mass is 420 g/mol. The lowest BCUT2D eigenvalue weighted by Gasteiger charge is -2.28. The maximum atomic E-state index is 12.7. The molecular formula is C25H32N4O2. The van der Waals surface area contributed by atoms with Crippen LogP contribution in [0.3, 0.4) is 0 Å². The van der Waals surface area contributed by atoms with Crippen molar-refractivity contribution in [2.24, 2.45) is 0 Å². The van der Waals surface area contributed by atoms with Crippen molar-refractivity contribution >= 4 is 23.2 Å². The molecule has 1 saturated heterocycles. The molecule has 0 aromatic heterocycles. The summed E-state index contributed by atoms with van der Waals surface area (Å²) in [7, 11) is 0. The van der Waals surface area contributed by atoms with E-state index in [1.54, 1.807) is 0 Å². The summed E-state index contributed by atoms with van der Waals surface area (Å²) in [5.74, 6) is 0.0471. The van der Waals surface area contributed by atoms with Crippen molar-refractivity contribution in [3.8, 4) is 0 Å². The van der Waals surface area contributed by atoms with Crippen LogP contribution in [0.15, 0.2) is 48.5 Å². The van der Waals surface area contributed by atoms with Gasteiger partial charge in [0, 0.05) is 36.5 Å². The molecule has 164 valence electrons. The van der Waals surface area contributed by atoms with Crippen molar-refractivity contribution in [2.45, 2.75) is 45.2 Å². The Balaban J connectivity index is 1.27. The molecule has 31 heavy (non-hydrogen) atoms. The van der Waals surface area contributed by atoms with Crippen LogP contribution in [-0.4, -0.2) is 59.9 Å². The van der Waals surface area contributed by atoms with Gasteiger partial charge in [0.2, 0.25) is 11.8 Å². The Hall–Kier alpha value is -2.70. The highest BCUT2D eigenvalue weighted by Gasteiger charge is 2.38. The Bertz CT molecular complexity index is 906. The molecule has 2 aromatic rings. The van der Waals surface area contributed by atoms with Crippen molar-refractivity contribution < 1.29 is 9.59 Å². The molecule has 1 aliphatic heterocycles. The van der Waals surface area contributed by atoms with Crippen LogP contribution in [0.5, 0.6) is 0 Å². The molecule has 0 spiro atoms. The molecule has 4 rings (SSSR count). The van der Waals surface area contributed by atoms with Crippen LogP contribution in [0.4, 0.5) is 11.4 Å². The Morgan fingerprint density at radius 3 is 1.94 bits per heavy atom. The lowest BCUT2D eigenvalue weighted by atomic mass is 10.2. The van der Waals surface area contributed by atoms with Gasteiger partial charge >= 0.3 is 0 Å². The number of hydrogen-bond donors (Lipinski definition) is 2. The molecule has 0 bridgehead atoms. The standard InChI is InChI=1S/C25H32N4O2/c1-18-3-7-20(8-4-18)26-24(30)16-28-14-13-23(15-28)29(22-11-12-22)17-25(31)27-21-9-5-19(2)6-10-21/h3-10,22-23H,11-17H2,1-2H3,(H,26,30)(H,27,31)/t23-/m1/s1. The summed E-state index contributed by atoms with van der Waals surface area (Å²) in [5.41, 5.74) is 4.02. The normalized spacial score (nSPS) is 18.9. The van der Waals surface area contributed by atoms with Crippen molar-refractivity contribution in [1.29, 1.82) is 0 Å². The number of carbonyl (C=O) groups excluding carboxylic acids is 2. The first-order valence-electron chi connectivity index (χ1n) is 11.2. The fourth-order valence-electron chi connectivity index (χ4n) is 4.23. The Morgan fingerprint density at radius 2 is 1.39 bits per heavy atom. The van der Waals surface area contributed by atoms with E-state index in [0.717, 1.165) is 43.7 Å². The predicted molar refractivity (Wildman–Crippen MR) is 124 cm³/mol. The Kier molecular flexibility index (Phi) is 6.68. The Morgan fingerprint density at radius 1 is 0.839 bits per heavy atom. The van der Waals surface area contributed by atoms with Gasteiger partial charge in [0.15, 0.2) is 0 Å². The lowest BCUT2D eigenvalue weighted by Crippen LogP contribution is -2.44. The molecule has 0 radical (unpaired) electrons. The maximum Gasteiger partial charge on any atom is 0.238 e. The number of nitrogens with one attached hydrogen (secondary N) is 2. The molecule has 2 N–H and O–H groups in total. The fraction of sp³-hybridized carbons (Fsp3) is 0.440. The summed E-state index contributed by atoms with van der Waals surface area (Å²) >= 11 is 0. The number of rotatable bonds is 8. The smallest absolute Gasteiger partial charge is 0.238 e.